The molecule has 0 aliphatic carbocycles. The van der Waals surface area contributed by atoms with E-state index in [1.54, 1.807) is 12.4 Å². The number of halogens is 1. The summed E-state index contributed by atoms with van der Waals surface area (Å²) in [5.74, 6) is 0.408. The number of amides is 1. The Kier molecular flexibility index (Phi) is 2.47. The number of carbonyl (C=O) groups excluding carboxylic acids is 1. The summed E-state index contributed by atoms with van der Waals surface area (Å²) in [6.45, 7) is 0.500. The van der Waals surface area contributed by atoms with E-state index in [0.717, 1.165) is 4.47 Å². The maximum absolute atomic E-state index is 11.4. The molecule has 6 heteroatoms. The highest BCUT2D eigenvalue weighted by Crippen LogP contribution is 2.17. The standard InChI is InChI=1S/C8H9BrN4O/c9-5-2-11-8(12-3-5)13-4-6(10)1-7(13)14/h2-3,6H,1,4,10H2. The van der Waals surface area contributed by atoms with Crippen molar-refractivity contribution in [3.63, 3.8) is 0 Å². The monoisotopic (exact) mass is 256 g/mol. The van der Waals surface area contributed by atoms with Gasteiger partial charge >= 0.3 is 0 Å². The number of anilines is 1. The van der Waals surface area contributed by atoms with E-state index in [2.05, 4.69) is 25.9 Å². The van der Waals surface area contributed by atoms with Gasteiger partial charge in [0.25, 0.3) is 0 Å². The van der Waals surface area contributed by atoms with E-state index in [1.165, 1.54) is 4.90 Å². The summed E-state index contributed by atoms with van der Waals surface area (Å²) >= 11 is 3.23. The van der Waals surface area contributed by atoms with Gasteiger partial charge in [0.05, 0.1) is 4.47 Å². The van der Waals surface area contributed by atoms with Gasteiger partial charge in [0.15, 0.2) is 0 Å². The SMILES string of the molecule is NC1CC(=O)N(c2ncc(Br)cn2)C1. The predicted molar refractivity (Wildman–Crippen MR) is 54.7 cm³/mol. The molecule has 1 aliphatic heterocycles. The van der Waals surface area contributed by atoms with Crippen LogP contribution in [0.4, 0.5) is 5.95 Å². The Morgan fingerprint density at radius 2 is 2.14 bits per heavy atom. The molecule has 14 heavy (non-hydrogen) atoms. The van der Waals surface area contributed by atoms with Crippen molar-refractivity contribution in [3.05, 3.63) is 16.9 Å². The Balaban J connectivity index is 2.23. The highest BCUT2D eigenvalue weighted by Gasteiger charge is 2.29. The van der Waals surface area contributed by atoms with Gasteiger partial charge in [0, 0.05) is 31.4 Å². The fourth-order valence-corrected chi connectivity index (χ4v) is 1.58. The lowest BCUT2D eigenvalue weighted by Gasteiger charge is -2.12. The number of aromatic nitrogens is 2. The normalized spacial score (nSPS) is 21.7. The first-order valence-corrected chi connectivity index (χ1v) is 4.99. The molecular formula is C8H9BrN4O. The van der Waals surface area contributed by atoms with Crippen molar-refractivity contribution in [2.75, 3.05) is 11.4 Å². The quantitative estimate of drug-likeness (QED) is 0.785. The Hall–Kier alpha value is -1.01. The topological polar surface area (TPSA) is 72.1 Å². The number of carbonyl (C=O) groups is 1. The van der Waals surface area contributed by atoms with E-state index in [4.69, 9.17) is 5.73 Å². The molecule has 2 heterocycles. The number of nitrogens with two attached hydrogens (primary N) is 1. The first-order chi connectivity index (χ1) is 6.66. The third-order valence-corrected chi connectivity index (χ3v) is 2.41. The van der Waals surface area contributed by atoms with Crippen molar-refractivity contribution in [2.24, 2.45) is 5.73 Å². The molecular weight excluding hydrogens is 248 g/mol. The molecule has 1 unspecified atom stereocenters. The molecule has 1 amide bonds. The molecule has 0 bridgehead atoms. The second-order valence-corrected chi connectivity index (χ2v) is 4.09. The van der Waals surface area contributed by atoms with Gasteiger partial charge in [-0.3, -0.25) is 9.69 Å². The van der Waals surface area contributed by atoms with E-state index in [-0.39, 0.29) is 11.9 Å². The van der Waals surface area contributed by atoms with Crippen molar-refractivity contribution in [1.29, 1.82) is 0 Å². The van der Waals surface area contributed by atoms with Crippen LogP contribution < -0.4 is 10.6 Å². The van der Waals surface area contributed by atoms with E-state index in [9.17, 15) is 4.79 Å². The Labute approximate surface area is 89.5 Å². The minimum Gasteiger partial charge on any atom is -0.326 e. The average molecular weight is 257 g/mol. The Bertz CT molecular complexity index is 353. The van der Waals surface area contributed by atoms with Crippen LogP contribution in [0.25, 0.3) is 0 Å². The molecule has 0 spiro atoms. The molecule has 0 radical (unpaired) electrons. The largest absolute Gasteiger partial charge is 0.326 e. The van der Waals surface area contributed by atoms with Crippen molar-refractivity contribution in [1.82, 2.24) is 9.97 Å². The molecule has 1 saturated heterocycles. The van der Waals surface area contributed by atoms with Gasteiger partial charge in [0.2, 0.25) is 11.9 Å². The second-order valence-electron chi connectivity index (χ2n) is 3.17. The summed E-state index contributed by atoms with van der Waals surface area (Å²) in [5.41, 5.74) is 5.66. The molecule has 2 N–H and O–H groups in total. The van der Waals surface area contributed by atoms with Crippen LogP contribution in [0.1, 0.15) is 6.42 Å². The van der Waals surface area contributed by atoms with Gasteiger partial charge in [-0.25, -0.2) is 9.97 Å². The second kappa shape index (κ2) is 3.62. The molecule has 1 atom stereocenters. The van der Waals surface area contributed by atoms with Gasteiger partial charge in [-0.15, -0.1) is 0 Å². The van der Waals surface area contributed by atoms with Gasteiger partial charge in [-0.2, -0.15) is 0 Å². The molecule has 1 fully saturated rings. The Morgan fingerprint density at radius 3 is 2.64 bits per heavy atom. The lowest BCUT2D eigenvalue weighted by atomic mass is 10.3. The molecule has 1 aromatic rings. The fourth-order valence-electron chi connectivity index (χ4n) is 1.37. The van der Waals surface area contributed by atoms with E-state index >= 15 is 0 Å². The predicted octanol–water partition coefficient (Wildman–Crippen LogP) is 0.303. The number of hydrogen-bond acceptors (Lipinski definition) is 4. The highest BCUT2D eigenvalue weighted by atomic mass is 79.9. The summed E-state index contributed by atoms with van der Waals surface area (Å²) in [6.07, 6.45) is 3.60. The first-order valence-electron chi connectivity index (χ1n) is 4.20. The third-order valence-electron chi connectivity index (χ3n) is 2.00. The average Bonchev–Trinajstić information content (AvgIpc) is 2.47. The van der Waals surface area contributed by atoms with Gasteiger partial charge in [-0.05, 0) is 15.9 Å². The summed E-state index contributed by atoms with van der Waals surface area (Å²) < 4.78 is 0.789. The van der Waals surface area contributed by atoms with E-state index in [0.29, 0.717) is 18.9 Å². The van der Waals surface area contributed by atoms with Crippen LogP contribution in [-0.4, -0.2) is 28.5 Å². The van der Waals surface area contributed by atoms with E-state index in [1.807, 2.05) is 0 Å². The highest BCUT2D eigenvalue weighted by molar-refractivity contribution is 9.10. The lowest BCUT2D eigenvalue weighted by Crippen LogP contribution is -2.29. The molecule has 5 nitrogen and oxygen atoms in total. The summed E-state index contributed by atoms with van der Waals surface area (Å²) in [7, 11) is 0. The summed E-state index contributed by atoms with van der Waals surface area (Å²) in [5, 5.41) is 0. The van der Waals surface area contributed by atoms with Crippen LogP contribution in [0.3, 0.4) is 0 Å². The van der Waals surface area contributed by atoms with E-state index < -0.39 is 0 Å². The molecule has 0 saturated carbocycles. The zero-order valence-electron chi connectivity index (χ0n) is 7.35. The minimum absolute atomic E-state index is 0.0141. The van der Waals surface area contributed by atoms with Gasteiger partial charge in [-0.1, -0.05) is 0 Å². The maximum Gasteiger partial charge on any atom is 0.232 e. The first kappa shape index (κ1) is 9.54. The van der Waals surface area contributed by atoms with Crippen LogP contribution in [0.15, 0.2) is 16.9 Å². The number of hydrogen-bond donors (Lipinski definition) is 1. The summed E-state index contributed by atoms with van der Waals surface area (Å²) in [4.78, 5) is 21.0. The van der Waals surface area contributed by atoms with Crippen LogP contribution in [-0.2, 0) is 4.79 Å². The maximum atomic E-state index is 11.4. The van der Waals surface area contributed by atoms with Crippen molar-refractivity contribution < 1.29 is 4.79 Å². The summed E-state index contributed by atoms with van der Waals surface area (Å²) in [6, 6.07) is -0.102. The number of nitrogens with zero attached hydrogens (tertiary/aromatic N) is 3. The minimum atomic E-state index is -0.102. The fraction of sp³-hybridized carbons (Fsp3) is 0.375. The third kappa shape index (κ3) is 1.76. The van der Waals surface area contributed by atoms with Crippen molar-refractivity contribution >= 4 is 27.8 Å². The Morgan fingerprint density at radius 1 is 1.50 bits per heavy atom. The van der Waals surface area contributed by atoms with Crippen LogP contribution in [0, 0.1) is 0 Å². The van der Waals surface area contributed by atoms with Gasteiger partial charge < -0.3 is 5.73 Å². The molecule has 0 aromatic carbocycles. The van der Waals surface area contributed by atoms with Gasteiger partial charge in [0.1, 0.15) is 0 Å². The molecule has 74 valence electrons. The lowest BCUT2D eigenvalue weighted by molar-refractivity contribution is -0.117. The van der Waals surface area contributed by atoms with Crippen molar-refractivity contribution in [2.45, 2.75) is 12.5 Å². The molecule has 1 aromatic heterocycles. The van der Waals surface area contributed by atoms with Crippen molar-refractivity contribution in [3.8, 4) is 0 Å². The van der Waals surface area contributed by atoms with Crippen LogP contribution >= 0.6 is 15.9 Å². The zero-order chi connectivity index (χ0) is 10.1. The number of rotatable bonds is 1. The smallest absolute Gasteiger partial charge is 0.232 e. The molecule has 2 rings (SSSR count). The van der Waals surface area contributed by atoms with Crippen LogP contribution in [0.2, 0.25) is 0 Å². The molecule has 1 aliphatic rings. The zero-order valence-corrected chi connectivity index (χ0v) is 8.94. The van der Waals surface area contributed by atoms with Crippen LogP contribution in [0.5, 0.6) is 0 Å².